The fraction of sp³-hybridized carbons (Fsp3) is 0.500. The minimum Gasteiger partial charge on any atom is -0.326 e. The second-order valence-electron chi connectivity index (χ2n) is 5.50. The van der Waals surface area contributed by atoms with Crippen LogP contribution in [-0.4, -0.2) is 30.4 Å². The Bertz CT molecular complexity index is 553. The molecule has 1 saturated heterocycles. The van der Waals surface area contributed by atoms with Crippen LogP contribution in [-0.2, 0) is 4.79 Å². The Hall–Kier alpha value is -1.57. The number of nitrogens with one attached hydrogen (secondary N) is 1. The fourth-order valence-electron chi connectivity index (χ4n) is 2.68. The van der Waals surface area contributed by atoms with Gasteiger partial charge in [0.2, 0.25) is 5.91 Å². The summed E-state index contributed by atoms with van der Waals surface area (Å²) >= 11 is 5.92. The number of likely N-dealkylation sites (tertiary alicyclic amines) is 1. The van der Waals surface area contributed by atoms with Gasteiger partial charge in [-0.05, 0) is 50.1 Å². The highest BCUT2D eigenvalue weighted by molar-refractivity contribution is 6.30. The maximum Gasteiger partial charge on any atom is 0.228 e. The third kappa shape index (κ3) is 4.45. The van der Waals surface area contributed by atoms with E-state index in [4.69, 9.17) is 16.9 Å². The molecule has 5 heteroatoms. The van der Waals surface area contributed by atoms with E-state index in [1.165, 1.54) is 0 Å². The number of hydrogen-bond donors (Lipinski definition) is 1. The highest BCUT2D eigenvalue weighted by Gasteiger charge is 2.25. The number of carbonyl (C=O) groups is 1. The number of hydrogen-bond acceptors (Lipinski definition) is 3. The zero-order valence-corrected chi connectivity index (χ0v) is 13.0. The maximum atomic E-state index is 12.4. The summed E-state index contributed by atoms with van der Waals surface area (Å²) in [5.74, 6) is 0.0506. The first kappa shape index (κ1) is 15.8. The highest BCUT2D eigenvalue weighted by atomic mass is 35.5. The van der Waals surface area contributed by atoms with Crippen LogP contribution in [0.2, 0.25) is 5.02 Å². The Morgan fingerprint density at radius 2 is 2.38 bits per heavy atom. The number of anilines is 1. The summed E-state index contributed by atoms with van der Waals surface area (Å²) in [7, 11) is 0. The van der Waals surface area contributed by atoms with Crippen molar-refractivity contribution in [3.05, 3.63) is 28.8 Å². The predicted octanol–water partition coefficient (Wildman–Crippen LogP) is 3.21. The molecule has 0 radical (unpaired) electrons. The van der Waals surface area contributed by atoms with Crippen LogP contribution in [0, 0.1) is 24.2 Å². The third-order valence-corrected chi connectivity index (χ3v) is 4.10. The van der Waals surface area contributed by atoms with Gasteiger partial charge in [-0.2, -0.15) is 5.26 Å². The lowest BCUT2D eigenvalue weighted by Gasteiger charge is -2.31. The van der Waals surface area contributed by atoms with Crippen molar-refractivity contribution in [3.63, 3.8) is 0 Å². The molecule has 4 nitrogen and oxygen atoms in total. The lowest BCUT2D eigenvalue weighted by Crippen LogP contribution is -2.41. The lowest BCUT2D eigenvalue weighted by molar-refractivity contribution is -0.121. The Morgan fingerprint density at radius 1 is 1.57 bits per heavy atom. The molecule has 0 spiro atoms. The zero-order chi connectivity index (χ0) is 15.2. The molecule has 1 aromatic carbocycles. The summed E-state index contributed by atoms with van der Waals surface area (Å²) in [5.41, 5.74) is 1.78. The van der Waals surface area contributed by atoms with Gasteiger partial charge in [-0.15, -0.1) is 0 Å². The first-order valence-corrected chi connectivity index (χ1v) is 7.64. The van der Waals surface area contributed by atoms with Gasteiger partial charge in [0.25, 0.3) is 0 Å². The van der Waals surface area contributed by atoms with Gasteiger partial charge in [-0.25, -0.2) is 0 Å². The van der Waals surface area contributed by atoms with Gasteiger partial charge in [-0.3, -0.25) is 4.79 Å². The van der Waals surface area contributed by atoms with Crippen LogP contribution < -0.4 is 5.32 Å². The molecule has 1 aromatic rings. The van der Waals surface area contributed by atoms with E-state index in [0.717, 1.165) is 43.7 Å². The molecule has 21 heavy (non-hydrogen) atoms. The number of rotatable bonds is 4. The largest absolute Gasteiger partial charge is 0.326 e. The number of amides is 1. The number of nitriles is 1. The summed E-state index contributed by atoms with van der Waals surface area (Å²) in [4.78, 5) is 14.6. The molecule has 1 atom stereocenters. The molecule has 1 fully saturated rings. The standard InChI is InChI=1S/C16H20ClN3O/c1-12-10-14(17)5-6-15(12)19-16(21)13-4-2-8-20(11-13)9-3-7-18/h5-6,10,13H,2-4,8-9,11H2,1H3,(H,19,21). The maximum absolute atomic E-state index is 12.4. The average Bonchev–Trinajstić information content (AvgIpc) is 2.48. The molecule has 2 rings (SSSR count). The number of halogens is 1. The number of carbonyl (C=O) groups excluding carboxylic acids is 1. The van der Waals surface area contributed by atoms with Crippen LogP contribution in [0.4, 0.5) is 5.69 Å². The van der Waals surface area contributed by atoms with Crippen LogP contribution >= 0.6 is 11.6 Å². The lowest BCUT2D eigenvalue weighted by atomic mass is 9.96. The minimum absolute atomic E-state index is 0.00693. The zero-order valence-electron chi connectivity index (χ0n) is 12.2. The van der Waals surface area contributed by atoms with Gasteiger partial charge in [0.05, 0.1) is 12.0 Å². The SMILES string of the molecule is Cc1cc(Cl)ccc1NC(=O)C1CCCN(CCC#N)C1. The van der Waals surface area contributed by atoms with Gasteiger partial charge in [0.15, 0.2) is 0 Å². The van der Waals surface area contributed by atoms with Crippen molar-refractivity contribution in [1.82, 2.24) is 4.90 Å². The second kappa shape index (κ2) is 7.44. The van der Waals surface area contributed by atoms with Crippen molar-refractivity contribution in [1.29, 1.82) is 5.26 Å². The van der Waals surface area contributed by atoms with Gasteiger partial charge in [0.1, 0.15) is 0 Å². The molecule has 1 heterocycles. The van der Waals surface area contributed by atoms with Crippen LogP contribution in [0.1, 0.15) is 24.8 Å². The molecule has 112 valence electrons. The molecule has 1 N–H and O–H groups in total. The molecule has 0 aromatic heterocycles. The summed E-state index contributed by atoms with van der Waals surface area (Å²) in [5, 5.41) is 12.3. The Kier molecular flexibility index (Phi) is 5.60. The quantitative estimate of drug-likeness (QED) is 0.929. The van der Waals surface area contributed by atoms with Crippen molar-refractivity contribution in [3.8, 4) is 6.07 Å². The summed E-state index contributed by atoms with van der Waals surface area (Å²) in [6.07, 6.45) is 2.43. The topological polar surface area (TPSA) is 56.1 Å². The van der Waals surface area contributed by atoms with E-state index >= 15 is 0 Å². The molecule has 0 aliphatic carbocycles. The summed E-state index contributed by atoms with van der Waals surface area (Å²) in [6.45, 7) is 4.40. The van der Waals surface area contributed by atoms with E-state index < -0.39 is 0 Å². The van der Waals surface area contributed by atoms with Gasteiger partial charge in [-0.1, -0.05) is 11.6 Å². The minimum atomic E-state index is -0.00693. The average molecular weight is 306 g/mol. The van der Waals surface area contributed by atoms with Crippen LogP contribution in [0.15, 0.2) is 18.2 Å². The smallest absolute Gasteiger partial charge is 0.228 e. The number of benzene rings is 1. The normalized spacial score (nSPS) is 19.0. The predicted molar refractivity (Wildman–Crippen MR) is 84.2 cm³/mol. The van der Waals surface area contributed by atoms with E-state index in [2.05, 4.69) is 16.3 Å². The first-order chi connectivity index (χ1) is 10.1. The number of aryl methyl sites for hydroxylation is 1. The van der Waals surface area contributed by atoms with E-state index in [1.54, 1.807) is 6.07 Å². The molecule has 1 unspecified atom stereocenters. The fourth-order valence-corrected chi connectivity index (χ4v) is 2.91. The Morgan fingerprint density at radius 3 is 3.10 bits per heavy atom. The van der Waals surface area contributed by atoms with E-state index in [-0.39, 0.29) is 11.8 Å². The van der Waals surface area contributed by atoms with Crippen molar-refractivity contribution < 1.29 is 4.79 Å². The number of nitrogens with zero attached hydrogens (tertiary/aromatic N) is 2. The summed E-state index contributed by atoms with van der Waals surface area (Å²) in [6, 6.07) is 7.62. The van der Waals surface area contributed by atoms with Crippen molar-refractivity contribution in [2.45, 2.75) is 26.2 Å². The molecular weight excluding hydrogens is 286 g/mol. The summed E-state index contributed by atoms with van der Waals surface area (Å²) < 4.78 is 0. The first-order valence-electron chi connectivity index (χ1n) is 7.26. The molecule has 1 amide bonds. The molecule has 1 aliphatic rings. The van der Waals surface area contributed by atoms with Gasteiger partial charge in [0, 0.05) is 30.2 Å². The van der Waals surface area contributed by atoms with Crippen LogP contribution in [0.25, 0.3) is 0 Å². The monoisotopic (exact) mass is 305 g/mol. The van der Waals surface area contributed by atoms with E-state index in [1.807, 2.05) is 19.1 Å². The third-order valence-electron chi connectivity index (χ3n) is 3.86. The van der Waals surface area contributed by atoms with Gasteiger partial charge < -0.3 is 10.2 Å². The molecule has 0 saturated carbocycles. The van der Waals surface area contributed by atoms with E-state index in [0.29, 0.717) is 11.4 Å². The van der Waals surface area contributed by atoms with Gasteiger partial charge >= 0.3 is 0 Å². The van der Waals surface area contributed by atoms with Crippen LogP contribution in [0.5, 0.6) is 0 Å². The highest BCUT2D eigenvalue weighted by Crippen LogP contribution is 2.22. The van der Waals surface area contributed by atoms with E-state index in [9.17, 15) is 4.79 Å². The van der Waals surface area contributed by atoms with Crippen molar-refractivity contribution in [2.75, 3.05) is 25.0 Å². The van der Waals surface area contributed by atoms with Crippen molar-refractivity contribution in [2.24, 2.45) is 5.92 Å². The molecule has 0 bridgehead atoms. The molecular formula is C16H20ClN3O. The number of piperidine rings is 1. The van der Waals surface area contributed by atoms with Crippen LogP contribution in [0.3, 0.4) is 0 Å². The second-order valence-corrected chi connectivity index (χ2v) is 5.93. The van der Waals surface area contributed by atoms with Crippen molar-refractivity contribution >= 4 is 23.2 Å². The Balaban J connectivity index is 1.95. The Labute approximate surface area is 130 Å². The molecule has 1 aliphatic heterocycles.